The summed E-state index contributed by atoms with van der Waals surface area (Å²) in [6, 6.07) is 13.9. The number of hydrogen-bond acceptors (Lipinski definition) is 10. The summed E-state index contributed by atoms with van der Waals surface area (Å²) >= 11 is 14.1. The summed E-state index contributed by atoms with van der Waals surface area (Å²) < 4.78 is 11.2. The van der Waals surface area contributed by atoms with Crippen LogP contribution in [0.1, 0.15) is 43.5 Å². The van der Waals surface area contributed by atoms with Crippen molar-refractivity contribution in [3.63, 3.8) is 0 Å². The molecule has 248 valence electrons. The van der Waals surface area contributed by atoms with Crippen LogP contribution in [0, 0.1) is 16.7 Å². The molecular formula is C35H36Cl2N8O3. The molecule has 0 bridgehead atoms. The van der Waals surface area contributed by atoms with Gasteiger partial charge in [0.2, 0.25) is 17.7 Å². The number of carbonyl (C=O) groups excluding carboxylic acids is 1. The van der Waals surface area contributed by atoms with E-state index in [0.29, 0.717) is 93.9 Å². The first-order chi connectivity index (χ1) is 23.3. The van der Waals surface area contributed by atoms with Crippen LogP contribution in [-0.2, 0) is 17.9 Å². The Labute approximate surface area is 289 Å². The number of hydrogen-bond donors (Lipinski definition) is 3. The number of nitriles is 1. The molecule has 1 amide bonds. The molecule has 2 aromatic carbocycles. The van der Waals surface area contributed by atoms with Crippen LogP contribution in [0.15, 0.2) is 48.8 Å². The van der Waals surface area contributed by atoms with Gasteiger partial charge in [0.05, 0.1) is 59.5 Å². The van der Waals surface area contributed by atoms with Gasteiger partial charge in [-0.05, 0) is 19.3 Å². The van der Waals surface area contributed by atoms with Crippen LogP contribution in [-0.4, -0.2) is 59.2 Å². The van der Waals surface area contributed by atoms with Crippen LogP contribution in [0.2, 0.25) is 10.0 Å². The zero-order valence-corrected chi connectivity index (χ0v) is 28.3. The average molecular weight is 688 g/mol. The predicted molar refractivity (Wildman–Crippen MR) is 184 cm³/mol. The fourth-order valence-corrected chi connectivity index (χ4v) is 6.70. The van der Waals surface area contributed by atoms with Gasteiger partial charge in [-0.25, -0.2) is 9.97 Å². The van der Waals surface area contributed by atoms with Crippen LogP contribution in [0.3, 0.4) is 0 Å². The zero-order valence-electron chi connectivity index (χ0n) is 26.8. The summed E-state index contributed by atoms with van der Waals surface area (Å²) in [6.45, 7) is 2.11. The van der Waals surface area contributed by atoms with Crippen LogP contribution in [0.25, 0.3) is 33.6 Å². The lowest BCUT2D eigenvalue weighted by atomic mass is 9.70. The largest absolute Gasteiger partial charge is 0.480 e. The van der Waals surface area contributed by atoms with E-state index in [0.717, 1.165) is 31.2 Å². The lowest BCUT2D eigenvalue weighted by molar-refractivity contribution is -0.119. The van der Waals surface area contributed by atoms with Gasteiger partial charge >= 0.3 is 0 Å². The summed E-state index contributed by atoms with van der Waals surface area (Å²) in [6.07, 6.45) is 7.62. The molecule has 48 heavy (non-hydrogen) atoms. The van der Waals surface area contributed by atoms with E-state index in [1.807, 2.05) is 36.4 Å². The molecule has 2 fully saturated rings. The second kappa shape index (κ2) is 14.8. The number of benzene rings is 2. The van der Waals surface area contributed by atoms with Crippen molar-refractivity contribution in [3.8, 4) is 51.5 Å². The van der Waals surface area contributed by atoms with Crippen LogP contribution < -0.4 is 25.4 Å². The van der Waals surface area contributed by atoms with E-state index in [1.165, 1.54) is 0 Å². The first kappa shape index (κ1) is 33.6. The van der Waals surface area contributed by atoms with Gasteiger partial charge in [-0.2, -0.15) is 5.26 Å². The molecule has 1 atom stereocenters. The van der Waals surface area contributed by atoms with Crippen LogP contribution in [0.5, 0.6) is 11.8 Å². The molecule has 2 aromatic heterocycles. The maximum absolute atomic E-state index is 11.5. The second-order valence-corrected chi connectivity index (χ2v) is 12.8. The maximum atomic E-state index is 11.5. The highest BCUT2D eigenvalue weighted by atomic mass is 35.5. The van der Waals surface area contributed by atoms with Crippen molar-refractivity contribution in [2.24, 2.45) is 5.41 Å². The monoisotopic (exact) mass is 686 g/mol. The Morgan fingerprint density at radius 2 is 1.44 bits per heavy atom. The van der Waals surface area contributed by atoms with Crippen LogP contribution >= 0.6 is 23.2 Å². The molecule has 1 aliphatic carbocycles. The molecule has 0 spiro atoms. The molecule has 0 radical (unpaired) electrons. The van der Waals surface area contributed by atoms with E-state index < -0.39 is 0 Å². The topological polar surface area (TPSA) is 147 Å². The van der Waals surface area contributed by atoms with Crippen molar-refractivity contribution in [1.82, 2.24) is 35.9 Å². The fourth-order valence-electron chi connectivity index (χ4n) is 6.05. The Morgan fingerprint density at radius 3 is 1.90 bits per heavy atom. The highest BCUT2D eigenvalue weighted by Gasteiger charge is 2.36. The van der Waals surface area contributed by atoms with Gasteiger partial charge in [0.25, 0.3) is 0 Å². The van der Waals surface area contributed by atoms with Crippen molar-refractivity contribution in [2.45, 2.75) is 51.2 Å². The van der Waals surface area contributed by atoms with Gasteiger partial charge < -0.3 is 25.4 Å². The highest BCUT2D eigenvalue weighted by molar-refractivity contribution is 6.39. The SMILES string of the molecule is COc1nc(-c2cccc(-c3cccc(-c4cnc(CNCC5(C#N)CCC5)c(OC)n4)c3Cl)c2Cl)cnc1CNC[C@@H]1CCC(=O)N1. The van der Waals surface area contributed by atoms with E-state index in [4.69, 9.17) is 42.6 Å². The molecular weight excluding hydrogens is 651 g/mol. The van der Waals surface area contributed by atoms with Crippen molar-refractivity contribution >= 4 is 29.1 Å². The number of nitrogens with one attached hydrogen (secondary N) is 3. The second-order valence-electron chi connectivity index (χ2n) is 12.0. The van der Waals surface area contributed by atoms with E-state index in [2.05, 4.69) is 32.0 Å². The Bertz CT molecular complexity index is 1860. The van der Waals surface area contributed by atoms with Gasteiger partial charge in [-0.1, -0.05) is 66.0 Å². The van der Waals surface area contributed by atoms with Gasteiger partial charge in [-0.15, -0.1) is 0 Å². The third-order valence-electron chi connectivity index (χ3n) is 8.92. The quantitative estimate of drug-likeness (QED) is 0.159. The van der Waals surface area contributed by atoms with Crippen molar-refractivity contribution in [2.75, 3.05) is 27.3 Å². The normalized spacial score (nSPS) is 16.6. The minimum atomic E-state index is -0.288. The summed E-state index contributed by atoms with van der Waals surface area (Å²) in [7, 11) is 3.11. The number of nitrogens with zero attached hydrogens (tertiary/aromatic N) is 5. The molecule has 3 N–H and O–H groups in total. The highest BCUT2D eigenvalue weighted by Crippen LogP contribution is 2.42. The summed E-state index contributed by atoms with van der Waals surface area (Å²) in [5, 5.41) is 20.1. The number of methoxy groups -OCH3 is 2. The first-order valence-corrected chi connectivity index (χ1v) is 16.6. The first-order valence-electron chi connectivity index (χ1n) is 15.8. The number of carbonyl (C=O) groups is 1. The number of aromatic nitrogens is 4. The minimum Gasteiger partial charge on any atom is -0.480 e. The summed E-state index contributed by atoms with van der Waals surface area (Å²) in [5.74, 6) is 0.853. The van der Waals surface area contributed by atoms with E-state index in [-0.39, 0.29) is 17.4 Å². The third-order valence-corrected chi connectivity index (χ3v) is 9.74. The Balaban J connectivity index is 1.21. The van der Waals surface area contributed by atoms with Gasteiger partial charge in [0.1, 0.15) is 11.4 Å². The lowest BCUT2D eigenvalue weighted by Gasteiger charge is -2.35. The Kier molecular flexibility index (Phi) is 10.4. The van der Waals surface area contributed by atoms with Crippen molar-refractivity contribution < 1.29 is 14.3 Å². The molecule has 11 nitrogen and oxygen atoms in total. The third kappa shape index (κ3) is 7.08. The van der Waals surface area contributed by atoms with Crippen molar-refractivity contribution in [1.29, 1.82) is 5.26 Å². The molecule has 0 unspecified atom stereocenters. The smallest absolute Gasteiger partial charge is 0.237 e. The fraction of sp³-hybridized carbons (Fsp3) is 0.371. The molecule has 3 heterocycles. The number of halogens is 2. The minimum absolute atomic E-state index is 0.0812. The standard InChI is InChI=1S/C35H36Cl2N8O3/c1-47-33-28(15-39-14-21-10-11-30(46)43-21)41-17-26(44-33)24-8-3-6-22(31(24)36)23-7-4-9-25(32(23)37)27-18-42-29(34(45-27)48-2)16-40-20-35(19-38)12-5-13-35/h3-4,6-9,17-18,21,39-40H,5,10-16,20H2,1-2H3,(H,43,46)/t21-/m0/s1. The molecule has 1 aliphatic heterocycles. The zero-order chi connectivity index (χ0) is 33.7. The Morgan fingerprint density at radius 1 is 0.896 bits per heavy atom. The van der Waals surface area contributed by atoms with Gasteiger partial charge in [0.15, 0.2) is 0 Å². The number of rotatable bonds is 13. The van der Waals surface area contributed by atoms with E-state index >= 15 is 0 Å². The van der Waals surface area contributed by atoms with Gasteiger partial charge in [0, 0.05) is 60.9 Å². The van der Waals surface area contributed by atoms with E-state index in [1.54, 1.807) is 26.6 Å². The molecule has 2 aliphatic rings. The van der Waals surface area contributed by atoms with Crippen molar-refractivity contribution in [3.05, 3.63) is 70.2 Å². The molecule has 13 heteroatoms. The molecule has 1 saturated carbocycles. The number of ether oxygens (including phenoxy) is 2. The van der Waals surface area contributed by atoms with Crippen LogP contribution in [0.4, 0.5) is 0 Å². The maximum Gasteiger partial charge on any atom is 0.237 e. The predicted octanol–water partition coefficient (Wildman–Crippen LogP) is 5.74. The summed E-state index contributed by atoms with van der Waals surface area (Å²) in [4.78, 5) is 30.2. The Hall–Kier alpha value is -4.34. The number of amides is 1. The molecule has 1 saturated heterocycles. The molecule has 4 aromatic rings. The lowest BCUT2D eigenvalue weighted by Crippen LogP contribution is -2.38. The average Bonchev–Trinajstić information content (AvgIpc) is 3.51. The molecule has 6 rings (SSSR count). The summed E-state index contributed by atoms with van der Waals surface area (Å²) in [5.41, 5.74) is 4.90. The van der Waals surface area contributed by atoms with Gasteiger partial charge in [-0.3, -0.25) is 14.8 Å². The van der Waals surface area contributed by atoms with E-state index in [9.17, 15) is 10.1 Å².